The number of aromatic nitrogens is 2. The highest BCUT2D eigenvalue weighted by molar-refractivity contribution is 7.89. The first-order valence-corrected chi connectivity index (χ1v) is 10.8. The van der Waals surface area contributed by atoms with Gasteiger partial charge in [0.25, 0.3) is 5.91 Å². The molecule has 1 aromatic carbocycles. The molecule has 1 atom stereocenters. The van der Waals surface area contributed by atoms with Crippen molar-refractivity contribution in [3.05, 3.63) is 48.3 Å². The minimum atomic E-state index is -3.51. The van der Waals surface area contributed by atoms with Crippen molar-refractivity contribution >= 4 is 15.9 Å². The predicted octanol–water partition coefficient (Wildman–Crippen LogP) is 2.27. The van der Waals surface area contributed by atoms with Crippen LogP contribution < -0.4 is 5.32 Å². The van der Waals surface area contributed by atoms with Crippen LogP contribution in [0.5, 0.6) is 0 Å². The van der Waals surface area contributed by atoms with Crippen LogP contribution in [0.15, 0.2) is 47.6 Å². The van der Waals surface area contributed by atoms with Crippen molar-refractivity contribution in [1.29, 1.82) is 0 Å². The van der Waals surface area contributed by atoms with Crippen LogP contribution >= 0.6 is 0 Å². The number of nitrogens with one attached hydrogen (secondary N) is 1. The highest BCUT2D eigenvalue weighted by Crippen LogP contribution is 2.25. The standard InChI is InChI=1S/C19H26N4O3S/c1-16-6-2-3-15-23(16)27(25,26)18-9-7-17(8-10-18)19(24)20-11-4-13-22-14-5-12-21-22/h5,7-10,12,14,16H,2-4,6,11,13,15H2,1H3,(H,20,24). The van der Waals surface area contributed by atoms with Crippen LogP contribution in [0.4, 0.5) is 0 Å². The molecule has 1 saturated heterocycles. The Bertz CT molecular complexity index is 848. The van der Waals surface area contributed by atoms with E-state index in [9.17, 15) is 13.2 Å². The van der Waals surface area contributed by atoms with E-state index in [2.05, 4.69) is 10.4 Å². The lowest BCUT2D eigenvalue weighted by Crippen LogP contribution is -2.41. The Balaban J connectivity index is 1.56. The maximum absolute atomic E-state index is 12.8. The zero-order chi connectivity index (χ0) is 19.3. The Morgan fingerprint density at radius 1 is 1.26 bits per heavy atom. The maximum Gasteiger partial charge on any atom is 0.251 e. The molecule has 1 aliphatic heterocycles. The number of piperidine rings is 1. The van der Waals surface area contributed by atoms with E-state index in [0.717, 1.165) is 32.2 Å². The molecule has 27 heavy (non-hydrogen) atoms. The molecular weight excluding hydrogens is 364 g/mol. The van der Waals surface area contributed by atoms with Gasteiger partial charge in [-0.1, -0.05) is 6.42 Å². The Labute approximate surface area is 160 Å². The molecule has 1 N–H and O–H groups in total. The molecular formula is C19H26N4O3S. The molecule has 7 nitrogen and oxygen atoms in total. The van der Waals surface area contributed by atoms with Crippen LogP contribution in [-0.4, -0.2) is 47.5 Å². The number of carbonyl (C=O) groups is 1. The molecule has 1 unspecified atom stereocenters. The second-order valence-electron chi connectivity index (χ2n) is 6.86. The smallest absolute Gasteiger partial charge is 0.251 e. The van der Waals surface area contributed by atoms with Gasteiger partial charge in [-0.25, -0.2) is 8.42 Å². The molecule has 1 amide bonds. The first kappa shape index (κ1) is 19.6. The van der Waals surface area contributed by atoms with Crippen molar-refractivity contribution in [2.24, 2.45) is 0 Å². The molecule has 2 aromatic rings. The van der Waals surface area contributed by atoms with Crippen molar-refractivity contribution < 1.29 is 13.2 Å². The number of carbonyl (C=O) groups excluding carboxylic acids is 1. The topological polar surface area (TPSA) is 84.3 Å². The highest BCUT2D eigenvalue weighted by Gasteiger charge is 2.30. The average molecular weight is 391 g/mol. The quantitative estimate of drug-likeness (QED) is 0.735. The Morgan fingerprint density at radius 2 is 2.04 bits per heavy atom. The van der Waals surface area contributed by atoms with Crippen LogP contribution in [0.25, 0.3) is 0 Å². The molecule has 0 bridgehead atoms. The Kier molecular flexibility index (Phi) is 6.28. The zero-order valence-corrected chi connectivity index (χ0v) is 16.4. The SMILES string of the molecule is CC1CCCCN1S(=O)(=O)c1ccc(C(=O)NCCCn2cccn2)cc1. The number of nitrogens with zero attached hydrogens (tertiary/aromatic N) is 3. The van der Waals surface area contributed by atoms with E-state index in [1.807, 2.05) is 23.9 Å². The summed E-state index contributed by atoms with van der Waals surface area (Å²) in [6, 6.07) is 8.07. The van der Waals surface area contributed by atoms with Gasteiger partial charge in [0.2, 0.25) is 10.0 Å². The van der Waals surface area contributed by atoms with Gasteiger partial charge in [-0.15, -0.1) is 0 Å². The molecule has 0 saturated carbocycles. The highest BCUT2D eigenvalue weighted by atomic mass is 32.2. The molecule has 8 heteroatoms. The van der Waals surface area contributed by atoms with Crippen molar-refractivity contribution in [1.82, 2.24) is 19.4 Å². The van der Waals surface area contributed by atoms with E-state index >= 15 is 0 Å². The normalized spacial score (nSPS) is 18.3. The molecule has 1 fully saturated rings. The summed E-state index contributed by atoms with van der Waals surface area (Å²) < 4.78 is 29.0. The lowest BCUT2D eigenvalue weighted by Gasteiger charge is -2.32. The van der Waals surface area contributed by atoms with Crippen LogP contribution in [0.2, 0.25) is 0 Å². The second-order valence-corrected chi connectivity index (χ2v) is 8.75. The van der Waals surface area contributed by atoms with Crippen LogP contribution in [0.1, 0.15) is 43.0 Å². The van der Waals surface area contributed by atoms with Gasteiger partial charge in [-0.3, -0.25) is 9.48 Å². The third-order valence-corrected chi connectivity index (χ3v) is 6.90. The lowest BCUT2D eigenvalue weighted by atomic mass is 10.1. The number of hydrogen-bond donors (Lipinski definition) is 1. The largest absolute Gasteiger partial charge is 0.352 e. The molecule has 1 aliphatic rings. The summed E-state index contributed by atoms with van der Waals surface area (Å²) in [5, 5.41) is 6.96. The van der Waals surface area contributed by atoms with Crippen molar-refractivity contribution in [3.63, 3.8) is 0 Å². The summed E-state index contributed by atoms with van der Waals surface area (Å²) in [4.78, 5) is 12.5. The van der Waals surface area contributed by atoms with E-state index in [1.54, 1.807) is 22.6 Å². The number of hydrogen-bond acceptors (Lipinski definition) is 4. The first-order chi connectivity index (χ1) is 13.0. The van der Waals surface area contributed by atoms with Gasteiger partial charge in [0.15, 0.2) is 0 Å². The third-order valence-electron chi connectivity index (χ3n) is 4.87. The molecule has 146 valence electrons. The molecule has 0 spiro atoms. The number of benzene rings is 1. The maximum atomic E-state index is 12.8. The van der Waals surface area contributed by atoms with Crippen LogP contribution in [-0.2, 0) is 16.6 Å². The first-order valence-electron chi connectivity index (χ1n) is 9.36. The van der Waals surface area contributed by atoms with Gasteiger partial charge >= 0.3 is 0 Å². The lowest BCUT2D eigenvalue weighted by molar-refractivity contribution is 0.0952. The van der Waals surface area contributed by atoms with E-state index in [1.165, 1.54) is 12.1 Å². The van der Waals surface area contributed by atoms with Crippen molar-refractivity contribution in [2.45, 2.75) is 50.1 Å². The van der Waals surface area contributed by atoms with Gasteiger partial charge in [0.05, 0.1) is 4.90 Å². The number of aryl methyl sites for hydroxylation is 1. The van der Waals surface area contributed by atoms with Gasteiger partial charge < -0.3 is 5.32 Å². The summed E-state index contributed by atoms with van der Waals surface area (Å²) in [6.45, 7) is 3.77. The summed E-state index contributed by atoms with van der Waals surface area (Å²) in [5.74, 6) is -0.203. The molecule has 0 aliphatic carbocycles. The van der Waals surface area contributed by atoms with Gasteiger partial charge in [-0.2, -0.15) is 9.40 Å². The summed E-state index contributed by atoms with van der Waals surface area (Å²) >= 11 is 0. The van der Waals surface area contributed by atoms with Crippen LogP contribution in [0, 0.1) is 0 Å². The molecule has 0 radical (unpaired) electrons. The van der Waals surface area contributed by atoms with Gasteiger partial charge in [0, 0.05) is 43.6 Å². The van der Waals surface area contributed by atoms with E-state index in [-0.39, 0.29) is 16.8 Å². The minimum absolute atomic E-state index is 0.0153. The third kappa shape index (κ3) is 4.75. The van der Waals surface area contributed by atoms with E-state index < -0.39 is 10.0 Å². The minimum Gasteiger partial charge on any atom is -0.352 e. The molecule has 3 rings (SSSR count). The Hall–Kier alpha value is -2.19. The van der Waals surface area contributed by atoms with Gasteiger partial charge in [-0.05, 0) is 56.5 Å². The predicted molar refractivity (Wildman–Crippen MR) is 103 cm³/mol. The molecule has 2 heterocycles. The van der Waals surface area contributed by atoms with Crippen LogP contribution in [0.3, 0.4) is 0 Å². The molecule has 1 aromatic heterocycles. The summed E-state index contributed by atoms with van der Waals surface area (Å²) in [7, 11) is -3.51. The zero-order valence-electron chi connectivity index (χ0n) is 15.5. The van der Waals surface area contributed by atoms with Gasteiger partial charge in [0.1, 0.15) is 0 Å². The fraction of sp³-hybridized carbons (Fsp3) is 0.474. The monoisotopic (exact) mass is 390 g/mol. The van der Waals surface area contributed by atoms with E-state index in [0.29, 0.717) is 18.7 Å². The number of rotatable bonds is 7. The Morgan fingerprint density at radius 3 is 2.70 bits per heavy atom. The number of sulfonamides is 1. The average Bonchev–Trinajstić information content (AvgIpc) is 3.19. The fourth-order valence-corrected chi connectivity index (χ4v) is 5.02. The number of amides is 1. The fourth-order valence-electron chi connectivity index (χ4n) is 3.32. The van der Waals surface area contributed by atoms with E-state index in [4.69, 9.17) is 0 Å². The summed E-state index contributed by atoms with van der Waals surface area (Å²) in [5.41, 5.74) is 0.458. The summed E-state index contributed by atoms with van der Waals surface area (Å²) in [6.07, 6.45) is 7.21. The van der Waals surface area contributed by atoms with Crippen molar-refractivity contribution in [2.75, 3.05) is 13.1 Å². The van der Waals surface area contributed by atoms with Crippen molar-refractivity contribution in [3.8, 4) is 0 Å². The second kappa shape index (κ2) is 8.67.